The highest BCUT2D eigenvalue weighted by Gasteiger charge is 2.25. The van der Waals surface area contributed by atoms with Crippen LogP contribution in [-0.2, 0) is 14.3 Å². The molecule has 1 aliphatic rings. The molecule has 16 heavy (non-hydrogen) atoms. The molecule has 0 bridgehead atoms. The van der Waals surface area contributed by atoms with Crippen LogP contribution in [0.2, 0.25) is 0 Å². The SMILES string of the molecule is CCC(C)C(=O)COC1CC(C)OC(C)C1. The normalized spacial score (nSPS) is 32.4. The summed E-state index contributed by atoms with van der Waals surface area (Å²) >= 11 is 0. The fourth-order valence-corrected chi connectivity index (χ4v) is 2.05. The van der Waals surface area contributed by atoms with E-state index in [1.54, 1.807) is 0 Å². The smallest absolute Gasteiger partial charge is 0.161 e. The Labute approximate surface area is 98.5 Å². The Bertz CT molecular complexity index is 217. The third-order valence-corrected chi connectivity index (χ3v) is 3.28. The second-order valence-corrected chi connectivity index (χ2v) is 4.94. The van der Waals surface area contributed by atoms with E-state index < -0.39 is 0 Å². The molecule has 0 N–H and O–H groups in total. The number of ketones is 1. The van der Waals surface area contributed by atoms with Crippen molar-refractivity contribution in [3.05, 3.63) is 0 Å². The van der Waals surface area contributed by atoms with E-state index in [0.29, 0.717) is 0 Å². The summed E-state index contributed by atoms with van der Waals surface area (Å²) in [4.78, 5) is 11.6. The van der Waals surface area contributed by atoms with E-state index in [0.717, 1.165) is 19.3 Å². The maximum Gasteiger partial charge on any atom is 0.161 e. The lowest BCUT2D eigenvalue weighted by Gasteiger charge is -2.32. The van der Waals surface area contributed by atoms with Gasteiger partial charge in [0.05, 0.1) is 18.3 Å². The zero-order valence-electron chi connectivity index (χ0n) is 10.9. The average molecular weight is 228 g/mol. The van der Waals surface area contributed by atoms with Crippen LogP contribution in [0.25, 0.3) is 0 Å². The molecule has 1 rings (SSSR count). The molecule has 0 aromatic carbocycles. The highest BCUT2D eigenvalue weighted by molar-refractivity contribution is 5.81. The van der Waals surface area contributed by atoms with Gasteiger partial charge < -0.3 is 9.47 Å². The molecule has 1 saturated heterocycles. The maximum absolute atomic E-state index is 11.6. The van der Waals surface area contributed by atoms with Gasteiger partial charge in [-0.1, -0.05) is 13.8 Å². The van der Waals surface area contributed by atoms with Gasteiger partial charge in [0.1, 0.15) is 6.61 Å². The Kier molecular flexibility index (Phi) is 5.42. The summed E-state index contributed by atoms with van der Waals surface area (Å²) in [5.74, 6) is 0.337. The highest BCUT2D eigenvalue weighted by atomic mass is 16.5. The fourth-order valence-electron chi connectivity index (χ4n) is 2.05. The molecule has 1 fully saturated rings. The van der Waals surface area contributed by atoms with E-state index in [4.69, 9.17) is 9.47 Å². The van der Waals surface area contributed by atoms with Crippen LogP contribution in [0.5, 0.6) is 0 Å². The zero-order chi connectivity index (χ0) is 12.1. The third-order valence-electron chi connectivity index (χ3n) is 3.28. The topological polar surface area (TPSA) is 35.5 Å². The van der Waals surface area contributed by atoms with Gasteiger partial charge in [0, 0.05) is 5.92 Å². The van der Waals surface area contributed by atoms with Crippen molar-refractivity contribution in [2.75, 3.05) is 6.61 Å². The Balaban J connectivity index is 2.29. The van der Waals surface area contributed by atoms with E-state index in [2.05, 4.69) is 13.8 Å². The van der Waals surface area contributed by atoms with Crippen LogP contribution in [0.4, 0.5) is 0 Å². The van der Waals surface area contributed by atoms with Gasteiger partial charge in [-0.2, -0.15) is 0 Å². The first kappa shape index (κ1) is 13.7. The van der Waals surface area contributed by atoms with Crippen LogP contribution < -0.4 is 0 Å². The molecule has 0 radical (unpaired) electrons. The summed E-state index contributed by atoms with van der Waals surface area (Å²) in [7, 11) is 0. The maximum atomic E-state index is 11.6. The summed E-state index contributed by atoms with van der Waals surface area (Å²) in [6, 6.07) is 0. The largest absolute Gasteiger partial charge is 0.375 e. The van der Waals surface area contributed by atoms with Crippen LogP contribution in [0.1, 0.15) is 47.0 Å². The first-order chi connectivity index (χ1) is 7.52. The zero-order valence-corrected chi connectivity index (χ0v) is 10.9. The minimum absolute atomic E-state index is 0.120. The minimum Gasteiger partial charge on any atom is -0.375 e. The van der Waals surface area contributed by atoms with Gasteiger partial charge in [-0.05, 0) is 33.1 Å². The Morgan fingerprint density at radius 3 is 2.44 bits per heavy atom. The van der Waals surface area contributed by atoms with Crippen molar-refractivity contribution in [1.29, 1.82) is 0 Å². The lowest BCUT2D eigenvalue weighted by Crippen LogP contribution is -2.35. The molecular formula is C13H24O3. The monoisotopic (exact) mass is 228 g/mol. The first-order valence-electron chi connectivity index (χ1n) is 6.32. The van der Waals surface area contributed by atoms with Crippen molar-refractivity contribution < 1.29 is 14.3 Å². The molecule has 0 saturated carbocycles. The number of ether oxygens (including phenoxy) is 2. The fraction of sp³-hybridized carbons (Fsp3) is 0.923. The molecule has 3 atom stereocenters. The molecule has 3 nitrogen and oxygen atoms in total. The Hall–Kier alpha value is -0.410. The molecule has 1 aliphatic heterocycles. The quantitative estimate of drug-likeness (QED) is 0.725. The van der Waals surface area contributed by atoms with E-state index >= 15 is 0 Å². The van der Waals surface area contributed by atoms with Gasteiger partial charge in [0.2, 0.25) is 0 Å². The molecule has 0 aromatic rings. The van der Waals surface area contributed by atoms with E-state index in [1.165, 1.54) is 0 Å². The van der Waals surface area contributed by atoms with Crippen LogP contribution in [0, 0.1) is 5.92 Å². The lowest BCUT2D eigenvalue weighted by molar-refractivity contribution is -0.137. The van der Waals surface area contributed by atoms with Gasteiger partial charge in [-0.25, -0.2) is 0 Å². The van der Waals surface area contributed by atoms with Crippen molar-refractivity contribution in [2.45, 2.75) is 65.3 Å². The summed E-state index contributed by atoms with van der Waals surface area (Å²) in [6.07, 6.45) is 3.37. The average Bonchev–Trinajstić information content (AvgIpc) is 2.23. The number of carbonyl (C=O) groups is 1. The highest BCUT2D eigenvalue weighted by Crippen LogP contribution is 2.21. The summed E-state index contributed by atoms with van der Waals surface area (Å²) in [5.41, 5.74) is 0. The number of rotatable bonds is 5. The van der Waals surface area contributed by atoms with Crippen LogP contribution in [-0.4, -0.2) is 30.7 Å². The van der Waals surface area contributed by atoms with Crippen LogP contribution in [0.3, 0.4) is 0 Å². The predicted molar refractivity (Wildman–Crippen MR) is 63.4 cm³/mol. The van der Waals surface area contributed by atoms with Crippen LogP contribution in [0.15, 0.2) is 0 Å². The van der Waals surface area contributed by atoms with Gasteiger partial charge in [-0.15, -0.1) is 0 Å². The van der Waals surface area contributed by atoms with Gasteiger partial charge >= 0.3 is 0 Å². The number of hydrogen-bond donors (Lipinski definition) is 0. The van der Waals surface area contributed by atoms with E-state index in [-0.39, 0.29) is 36.6 Å². The summed E-state index contributed by atoms with van der Waals surface area (Å²) in [5, 5.41) is 0. The molecule has 0 aliphatic carbocycles. The molecule has 0 amide bonds. The summed E-state index contributed by atoms with van der Waals surface area (Å²) in [6.45, 7) is 8.37. The van der Waals surface area contributed by atoms with Crippen molar-refractivity contribution in [3.63, 3.8) is 0 Å². The Morgan fingerprint density at radius 1 is 1.38 bits per heavy atom. The first-order valence-corrected chi connectivity index (χ1v) is 6.32. The molecular weight excluding hydrogens is 204 g/mol. The Morgan fingerprint density at radius 2 is 1.94 bits per heavy atom. The molecule has 0 spiro atoms. The predicted octanol–water partition coefficient (Wildman–Crippen LogP) is 2.57. The lowest BCUT2D eigenvalue weighted by atomic mass is 10.0. The molecule has 1 heterocycles. The third kappa shape index (κ3) is 4.22. The van der Waals surface area contributed by atoms with Gasteiger partial charge in [0.15, 0.2) is 5.78 Å². The second-order valence-electron chi connectivity index (χ2n) is 4.94. The number of carbonyl (C=O) groups excluding carboxylic acids is 1. The summed E-state index contributed by atoms with van der Waals surface area (Å²) < 4.78 is 11.3. The van der Waals surface area contributed by atoms with Crippen molar-refractivity contribution in [2.24, 2.45) is 5.92 Å². The number of Topliss-reactive ketones (excluding diaryl/α,β-unsaturated/α-hetero) is 1. The van der Waals surface area contributed by atoms with Crippen LogP contribution >= 0.6 is 0 Å². The van der Waals surface area contributed by atoms with Gasteiger partial charge in [-0.3, -0.25) is 4.79 Å². The molecule has 94 valence electrons. The molecule has 0 aromatic heterocycles. The second kappa shape index (κ2) is 6.36. The minimum atomic E-state index is 0.120. The molecule has 3 unspecified atom stereocenters. The van der Waals surface area contributed by atoms with Crippen molar-refractivity contribution >= 4 is 5.78 Å². The van der Waals surface area contributed by atoms with E-state index in [1.807, 2.05) is 13.8 Å². The van der Waals surface area contributed by atoms with E-state index in [9.17, 15) is 4.79 Å². The standard InChI is InChI=1S/C13H24O3/c1-5-9(2)13(14)8-15-12-6-10(3)16-11(4)7-12/h9-12H,5-8H2,1-4H3. The molecule has 3 heteroatoms. The van der Waals surface area contributed by atoms with Crippen molar-refractivity contribution in [3.8, 4) is 0 Å². The number of hydrogen-bond acceptors (Lipinski definition) is 3. The van der Waals surface area contributed by atoms with Crippen molar-refractivity contribution in [1.82, 2.24) is 0 Å². The van der Waals surface area contributed by atoms with Gasteiger partial charge in [0.25, 0.3) is 0 Å².